The summed E-state index contributed by atoms with van der Waals surface area (Å²) in [6.45, 7) is 1.68. The maximum absolute atomic E-state index is 13.9. The molecule has 0 unspecified atom stereocenters. The number of nitro groups is 1. The van der Waals surface area contributed by atoms with Gasteiger partial charge in [0, 0.05) is 23.7 Å². The molecule has 0 aliphatic rings. The van der Waals surface area contributed by atoms with Crippen molar-refractivity contribution in [3.05, 3.63) is 39.8 Å². The molecule has 0 saturated carbocycles. The van der Waals surface area contributed by atoms with Crippen LogP contribution in [0.2, 0.25) is 0 Å². The van der Waals surface area contributed by atoms with Crippen LogP contribution in [-0.2, 0) is 6.42 Å². The molecule has 0 saturated heterocycles. The zero-order valence-corrected chi connectivity index (χ0v) is 10.5. The summed E-state index contributed by atoms with van der Waals surface area (Å²) in [5.74, 6) is -0.707. The van der Waals surface area contributed by atoms with Crippen LogP contribution in [0.1, 0.15) is 12.5 Å². The quantitative estimate of drug-likeness (QED) is 0.661. The number of nitrogens with zero attached hydrogens (tertiary/aromatic N) is 2. The number of benzene rings is 1. The van der Waals surface area contributed by atoms with Gasteiger partial charge in [-0.2, -0.15) is 0 Å². The van der Waals surface area contributed by atoms with Crippen molar-refractivity contribution in [2.75, 3.05) is 0 Å². The highest BCUT2D eigenvalue weighted by Gasteiger charge is 2.25. The minimum absolute atomic E-state index is 0.0705. The van der Waals surface area contributed by atoms with Gasteiger partial charge in [0.15, 0.2) is 0 Å². The van der Waals surface area contributed by atoms with E-state index in [1.165, 1.54) is 6.20 Å². The molecule has 0 bridgehead atoms. The first-order valence-electron chi connectivity index (χ1n) is 5.78. The van der Waals surface area contributed by atoms with Gasteiger partial charge in [0.05, 0.1) is 4.92 Å². The van der Waals surface area contributed by atoms with Gasteiger partial charge in [-0.15, -0.1) is 0 Å². The Labute approximate surface area is 112 Å². The molecule has 1 heterocycles. The number of rotatable bonds is 3. The van der Waals surface area contributed by atoms with Crippen molar-refractivity contribution in [1.29, 1.82) is 0 Å². The SMILES string of the molecule is C[C@@H](N)Cc1cn(C(=O)O)c2c([N+](=O)[O-])ccc(F)c12. The van der Waals surface area contributed by atoms with E-state index in [2.05, 4.69) is 0 Å². The fourth-order valence-corrected chi connectivity index (χ4v) is 2.19. The van der Waals surface area contributed by atoms with E-state index in [4.69, 9.17) is 10.8 Å². The molecule has 2 aromatic rings. The summed E-state index contributed by atoms with van der Waals surface area (Å²) in [5, 5.41) is 20.0. The molecule has 20 heavy (non-hydrogen) atoms. The van der Waals surface area contributed by atoms with E-state index in [1.54, 1.807) is 6.92 Å². The predicted octanol–water partition coefficient (Wildman–Crippen LogP) is 2.10. The highest BCUT2D eigenvalue weighted by Crippen LogP contribution is 2.32. The molecule has 3 N–H and O–H groups in total. The van der Waals surface area contributed by atoms with Crippen molar-refractivity contribution in [2.24, 2.45) is 5.73 Å². The first kappa shape index (κ1) is 13.9. The lowest BCUT2D eigenvalue weighted by atomic mass is 10.1. The molecule has 1 aromatic carbocycles. The van der Waals surface area contributed by atoms with Crippen molar-refractivity contribution in [3.8, 4) is 0 Å². The zero-order chi connectivity index (χ0) is 15.0. The van der Waals surface area contributed by atoms with E-state index in [-0.39, 0.29) is 23.4 Å². The van der Waals surface area contributed by atoms with Gasteiger partial charge < -0.3 is 10.8 Å². The molecule has 7 nitrogen and oxygen atoms in total. The Morgan fingerprint density at radius 2 is 2.25 bits per heavy atom. The molecule has 0 radical (unpaired) electrons. The van der Waals surface area contributed by atoms with Crippen molar-refractivity contribution in [3.63, 3.8) is 0 Å². The fourth-order valence-electron chi connectivity index (χ4n) is 2.19. The molecule has 0 aliphatic carbocycles. The summed E-state index contributed by atoms with van der Waals surface area (Å²) < 4.78 is 14.6. The number of hydrogen-bond acceptors (Lipinski definition) is 4. The third-order valence-corrected chi connectivity index (χ3v) is 2.90. The van der Waals surface area contributed by atoms with E-state index in [0.717, 1.165) is 12.1 Å². The number of fused-ring (bicyclic) bond motifs is 1. The van der Waals surface area contributed by atoms with Crippen LogP contribution in [-0.4, -0.2) is 26.7 Å². The largest absolute Gasteiger partial charge is 0.464 e. The van der Waals surface area contributed by atoms with Crippen molar-refractivity contribution in [2.45, 2.75) is 19.4 Å². The summed E-state index contributed by atoms with van der Waals surface area (Å²) in [5.41, 5.74) is 5.24. The van der Waals surface area contributed by atoms with Crippen LogP contribution in [0.25, 0.3) is 10.9 Å². The Kier molecular flexibility index (Phi) is 3.41. The average Bonchev–Trinajstić information content (AvgIpc) is 2.68. The highest BCUT2D eigenvalue weighted by atomic mass is 19.1. The summed E-state index contributed by atoms with van der Waals surface area (Å²) in [7, 11) is 0. The molecule has 0 aliphatic heterocycles. The average molecular weight is 281 g/mol. The van der Waals surface area contributed by atoms with Crippen LogP contribution in [0.3, 0.4) is 0 Å². The highest BCUT2D eigenvalue weighted by molar-refractivity contribution is 5.97. The Morgan fingerprint density at radius 1 is 1.60 bits per heavy atom. The van der Waals surface area contributed by atoms with Crippen molar-refractivity contribution < 1.29 is 19.2 Å². The minimum Gasteiger partial charge on any atom is -0.464 e. The second-order valence-electron chi connectivity index (χ2n) is 4.54. The summed E-state index contributed by atoms with van der Waals surface area (Å²) in [4.78, 5) is 21.4. The topological polar surface area (TPSA) is 111 Å². The molecular formula is C12H12FN3O4. The lowest BCUT2D eigenvalue weighted by Crippen LogP contribution is -2.17. The first-order valence-corrected chi connectivity index (χ1v) is 5.78. The van der Waals surface area contributed by atoms with Gasteiger partial charge in [0.2, 0.25) is 0 Å². The van der Waals surface area contributed by atoms with Crippen molar-refractivity contribution in [1.82, 2.24) is 4.57 Å². The Bertz CT molecular complexity index is 708. The first-order chi connectivity index (χ1) is 9.32. The maximum atomic E-state index is 13.9. The second-order valence-corrected chi connectivity index (χ2v) is 4.54. The fraction of sp³-hybridized carbons (Fsp3) is 0.250. The van der Waals surface area contributed by atoms with Gasteiger partial charge in [-0.1, -0.05) is 0 Å². The molecule has 1 aromatic heterocycles. The third-order valence-electron chi connectivity index (χ3n) is 2.90. The number of non-ortho nitro benzene ring substituents is 1. The number of carboxylic acid groups (broad SMARTS) is 1. The number of halogens is 1. The van der Waals surface area contributed by atoms with Gasteiger partial charge in [-0.05, 0) is 25.0 Å². The number of nitrogens with two attached hydrogens (primary N) is 1. The van der Waals surface area contributed by atoms with E-state index in [0.29, 0.717) is 10.1 Å². The maximum Gasteiger partial charge on any atom is 0.416 e. The van der Waals surface area contributed by atoms with E-state index in [1.807, 2.05) is 0 Å². The molecule has 2 rings (SSSR count). The van der Waals surface area contributed by atoms with Crippen molar-refractivity contribution >= 4 is 22.7 Å². The van der Waals surface area contributed by atoms with Gasteiger partial charge in [0.25, 0.3) is 5.69 Å². The van der Waals surface area contributed by atoms with Crippen LogP contribution in [0.4, 0.5) is 14.9 Å². The van der Waals surface area contributed by atoms with Crippen LogP contribution in [0, 0.1) is 15.9 Å². The lowest BCUT2D eigenvalue weighted by molar-refractivity contribution is -0.383. The molecular weight excluding hydrogens is 269 g/mol. The summed E-state index contributed by atoms with van der Waals surface area (Å²) in [6, 6.07) is 1.57. The second kappa shape index (κ2) is 4.89. The molecule has 106 valence electrons. The standard InChI is InChI=1S/C12H12FN3O4/c1-6(14)4-7-5-15(12(17)18)11-9(16(19)20)3-2-8(13)10(7)11/h2-3,5-6H,4,14H2,1H3,(H,17,18)/t6-/m1/s1. The number of nitro benzene ring substituents is 1. The Morgan fingerprint density at radius 3 is 2.75 bits per heavy atom. The van der Waals surface area contributed by atoms with Crippen LogP contribution >= 0.6 is 0 Å². The Hall–Kier alpha value is -2.48. The number of aromatic nitrogens is 1. The molecule has 0 fully saturated rings. The minimum atomic E-state index is -1.42. The van der Waals surface area contributed by atoms with Crippen LogP contribution in [0.15, 0.2) is 18.3 Å². The van der Waals surface area contributed by atoms with Gasteiger partial charge in [-0.3, -0.25) is 10.1 Å². The molecule has 1 atom stereocenters. The monoisotopic (exact) mass is 281 g/mol. The summed E-state index contributed by atoms with van der Waals surface area (Å²) in [6.07, 6.45) is -0.0268. The van der Waals surface area contributed by atoms with Crippen LogP contribution < -0.4 is 5.73 Å². The molecule has 0 spiro atoms. The third kappa shape index (κ3) is 2.21. The zero-order valence-electron chi connectivity index (χ0n) is 10.5. The van der Waals surface area contributed by atoms with Gasteiger partial charge in [0.1, 0.15) is 11.3 Å². The normalized spacial score (nSPS) is 12.6. The number of carbonyl (C=O) groups is 1. The Balaban J connectivity index is 2.88. The molecule has 0 amide bonds. The van der Waals surface area contributed by atoms with E-state index >= 15 is 0 Å². The smallest absolute Gasteiger partial charge is 0.416 e. The number of hydrogen-bond donors (Lipinski definition) is 2. The van der Waals surface area contributed by atoms with Gasteiger partial charge >= 0.3 is 6.09 Å². The van der Waals surface area contributed by atoms with Crippen LogP contribution in [0.5, 0.6) is 0 Å². The van der Waals surface area contributed by atoms with E-state index in [9.17, 15) is 19.3 Å². The van der Waals surface area contributed by atoms with E-state index < -0.39 is 22.5 Å². The molecule has 8 heteroatoms. The van der Waals surface area contributed by atoms with Gasteiger partial charge in [-0.25, -0.2) is 13.8 Å². The summed E-state index contributed by atoms with van der Waals surface area (Å²) >= 11 is 0. The predicted molar refractivity (Wildman–Crippen MR) is 69.3 cm³/mol. The lowest BCUT2D eigenvalue weighted by Gasteiger charge is -2.03.